The Labute approximate surface area is 226 Å². The van der Waals surface area contributed by atoms with E-state index in [2.05, 4.69) is 5.32 Å². The molecule has 0 heterocycles. The highest BCUT2D eigenvalue weighted by molar-refractivity contribution is 7.92. The van der Waals surface area contributed by atoms with Crippen LogP contribution in [-0.4, -0.2) is 44.8 Å². The lowest BCUT2D eigenvalue weighted by Gasteiger charge is -2.33. The summed E-state index contributed by atoms with van der Waals surface area (Å²) in [6.07, 6.45) is 0.381. The van der Waals surface area contributed by atoms with Crippen molar-refractivity contribution in [1.29, 1.82) is 0 Å². The third-order valence-electron chi connectivity index (χ3n) is 6.73. The summed E-state index contributed by atoms with van der Waals surface area (Å²) in [6, 6.07) is 18.9. The molecule has 0 bridgehead atoms. The second-order valence-electron chi connectivity index (χ2n) is 9.64. The third kappa shape index (κ3) is 6.61. The molecule has 0 radical (unpaired) electrons. The minimum atomic E-state index is -4.08. The molecule has 202 valence electrons. The van der Waals surface area contributed by atoms with Crippen LogP contribution < -0.4 is 9.62 Å². The van der Waals surface area contributed by atoms with E-state index in [1.54, 1.807) is 36.4 Å². The molecule has 1 unspecified atom stereocenters. The van der Waals surface area contributed by atoms with Crippen molar-refractivity contribution < 1.29 is 18.0 Å². The Morgan fingerprint density at radius 3 is 2.13 bits per heavy atom. The van der Waals surface area contributed by atoms with E-state index in [1.165, 1.54) is 11.9 Å². The van der Waals surface area contributed by atoms with Crippen molar-refractivity contribution in [1.82, 2.24) is 10.2 Å². The maximum Gasteiger partial charge on any atom is 0.264 e. The smallest absolute Gasteiger partial charge is 0.264 e. The van der Waals surface area contributed by atoms with Crippen molar-refractivity contribution in [3.63, 3.8) is 0 Å². The van der Waals surface area contributed by atoms with E-state index in [0.29, 0.717) is 12.1 Å². The molecule has 0 spiro atoms. The Hall–Kier alpha value is -3.65. The normalized spacial score (nSPS) is 12.1. The van der Waals surface area contributed by atoms with Crippen LogP contribution in [0, 0.1) is 27.7 Å². The van der Waals surface area contributed by atoms with Crippen LogP contribution in [0.4, 0.5) is 5.69 Å². The van der Waals surface area contributed by atoms with Gasteiger partial charge in [0.1, 0.15) is 12.6 Å². The number of benzene rings is 3. The van der Waals surface area contributed by atoms with Gasteiger partial charge in [-0.1, -0.05) is 60.5 Å². The summed E-state index contributed by atoms with van der Waals surface area (Å²) in [5.74, 6) is -0.761. The van der Waals surface area contributed by atoms with Crippen LogP contribution in [0.25, 0.3) is 0 Å². The molecule has 3 aromatic carbocycles. The Morgan fingerprint density at radius 1 is 0.868 bits per heavy atom. The number of amides is 2. The molecule has 2 amide bonds. The van der Waals surface area contributed by atoms with Gasteiger partial charge in [0, 0.05) is 13.6 Å². The second-order valence-corrected chi connectivity index (χ2v) is 11.5. The van der Waals surface area contributed by atoms with E-state index in [0.717, 1.165) is 32.1 Å². The van der Waals surface area contributed by atoms with E-state index in [1.807, 2.05) is 65.0 Å². The van der Waals surface area contributed by atoms with Gasteiger partial charge in [0.2, 0.25) is 11.8 Å². The van der Waals surface area contributed by atoms with Gasteiger partial charge < -0.3 is 10.2 Å². The summed E-state index contributed by atoms with van der Waals surface area (Å²) in [4.78, 5) is 28.3. The van der Waals surface area contributed by atoms with Crippen molar-refractivity contribution in [3.8, 4) is 0 Å². The Kier molecular flexibility index (Phi) is 9.33. The number of likely N-dealkylation sites (N-methyl/N-ethyl adjacent to an activating group) is 1. The summed E-state index contributed by atoms with van der Waals surface area (Å²) >= 11 is 0. The average molecular weight is 536 g/mol. The van der Waals surface area contributed by atoms with Crippen molar-refractivity contribution in [2.75, 3.05) is 17.9 Å². The van der Waals surface area contributed by atoms with Crippen LogP contribution in [0.2, 0.25) is 0 Å². The van der Waals surface area contributed by atoms with Gasteiger partial charge in [-0.15, -0.1) is 0 Å². The van der Waals surface area contributed by atoms with Gasteiger partial charge in [-0.2, -0.15) is 0 Å². The largest absolute Gasteiger partial charge is 0.357 e. The maximum absolute atomic E-state index is 14.0. The number of rotatable bonds is 10. The number of anilines is 1. The van der Waals surface area contributed by atoms with E-state index in [9.17, 15) is 18.0 Å². The zero-order chi connectivity index (χ0) is 28.0. The predicted octanol–water partition coefficient (Wildman–Crippen LogP) is 4.67. The fourth-order valence-electron chi connectivity index (χ4n) is 4.34. The molecule has 0 fully saturated rings. The Bertz CT molecular complexity index is 1400. The molecule has 8 heteroatoms. The lowest BCUT2D eigenvalue weighted by molar-refractivity contribution is -0.140. The first-order chi connectivity index (χ1) is 18.0. The molecule has 3 aromatic rings. The average Bonchev–Trinajstić information content (AvgIpc) is 2.88. The number of aryl methyl sites for hydroxylation is 4. The fourth-order valence-corrected chi connectivity index (χ4v) is 5.75. The molecule has 38 heavy (non-hydrogen) atoms. The Balaban J connectivity index is 2.09. The summed E-state index contributed by atoms with van der Waals surface area (Å²) in [5, 5.41) is 2.64. The third-order valence-corrected chi connectivity index (χ3v) is 8.52. The summed E-state index contributed by atoms with van der Waals surface area (Å²) < 4.78 is 29.0. The number of carbonyl (C=O) groups is 2. The minimum Gasteiger partial charge on any atom is -0.357 e. The molecule has 0 aliphatic rings. The highest BCUT2D eigenvalue weighted by atomic mass is 32.2. The SMILES string of the molecule is CCC(C(=O)NC)N(Cc1cccc(C)c1)C(=O)CN(c1ccc(C)c(C)c1)S(=O)(=O)c1ccc(C)cc1. The maximum atomic E-state index is 14.0. The molecule has 3 rings (SSSR count). The number of nitrogens with zero attached hydrogens (tertiary/aromatic N) is 2. The molecule has 7 nitrogen and oxygen atoms in total. The van der Waals surface area contributed by atoms with Gasteiger partial charge >= 0.3 is 0 Å². The van der Waals surface area contributed by atoms with Crippen LogP contribution in [0.15, 0.2) is 71.6 Å². The lowest BCUT2D eigenvalue weighted by Crippen LogP contribution is -2.51. The van der Waals surface area contributed by atoms with Gasteiger partial charge in [-0.25, -0.2) is 8.42 Å². The first-order valence-electron chi connectivity index (χ1n) is 12.7. The quantitative estimate of drug-likeness (QED) is 0.409. The molecule has 0 aromatic heterocycles. The number of hydrogen-bond donors (Lipinski definition) is 1. The van der Waals surface area contributed by atoms with Crippen LogP contribution in [0.1, 0.15) is 41.2 Å². The van der Waals surface area contributed by atoms with Crippen molar-refractivity contribution in [3.05, 3.63) is 94.5 Å². The van der Waals surface area contributed by atoms with E-state index in [-0.39, 0.29) is 17.3 Å². The van der Waals surface area contributed by atoms with Crippen LogP contribution >= 0.6 is 0 Å². The lowest BCUT2D eigenvalue weighted by atomic mass is 10.1. The molecule has 0 saturated carbocycles. The van der Waals surface area contributed by atoms with E-state index >= 15 is 0 Å². The summed E-state index contributed by atoms with van der Waals surface area (Å²) in [5.41, 5.74) is 5.14. The summed E-state index contributed by atoms with van der Waals surface area (Å²) in [7, 11) is -2.55. The second kappa shape index (κ2) is 12.3. The van der Waals surface area contributed by atoms with Crippen LogP contribution in [-0.2, 0) is 26.2 Å². The zero-order valence-electron chi connectivity index (χ0n) is 23.0. The number of carbonyl (C=O) groups excluding carboxylic acids is 2. The summed E-state index contributed by atoms with van der Waals surface area (Å²) in [6.45, 7) is 9.26. The van der Waals surface area contributed by atoms with Gasteiger partial charge in [0.25, 0.3) is 10.0 Å². The molecule has 0 aliphatic carbocycles. The van der Waals surface area contributed by atoms with Crippen molar-refractivity contribution >= 4 is 27.5 Å². The topological polar surface area (TPSA) is 86.8 Å². The van der Waals surface area contributed by atoms with E-state index in [4.69, 9.17) is 0 Å². The molecule has 1 N–H and O–H groups in total. The standard InChI is InChI=1S/C30H37N3O4S/c1-7-28(30(35)31-6)32(19-25-10-8-9-22(3)17-25)29(34)20-33(26-14-13-23(4)24(5)18-26)38(36,37)27-15-11-21(2)12-16-27/h8-18,28H,7,19-20H2,1-6H3,(H,31,35). The number of hydrogen-bond acceptors (Lipinski definition) is 4. The highest BCUT2D eigenvalue weighted by Crippen LogP contribution is 2.27. The first-order valence-corrected chi connectivity index (χ1v) is 14.1. The molecule has 1 atom stereocenters. The fraction of sp³-hybridized carbons (Fsp3) is 0.333. The molecular formula is C30H37N3O4S. The van der Waals surface area contributed by atoms with E-state index < -0.39 is 28.5 Å². The van der Waals surface area contributed by atoms with Gasteiger partial charge in [-0.3, -0.25) is 13.9 Å². The van der Waals surface area contributed by atoms with Crippen LogP contribution in [0.3, 0.4) is 0 Å². The number of nitrogens with one attached hydrogen (secondary N) is 1. The van der Waals surface area contributed by atoms with Gasteiger partial charge in [0.05, 0.1) is 10.6 Å². The monoisotopic (exact) mass is 535 g/mol. The molecule has 0 saturated heterocycles. The zero-order valence-corrected chi connectivity index (χ0v) is 23.8. The van der Waals surface area contributed by atoms with Gasteiger partial charge in [-0.05, 0) is 75.1 Å². The molecular weight excluding hydrogens is 498 g/mol. The minimum absolute atomic E-state index is 0.0951. The molecule has 0 aliphatic heterocycles. The Morgan fingerprint density at radius 2 is 1.55 bits per heavy atom. The van der Waals surface area contributed by atoms with Crippen LogP contribution in [0.5, 0.6) is 0 Å². The first kappa shape index (κ1) is 28.9. The predicted molar refractivity (Wildman–Crippen MR) is 152 cm³/mol. The number of sulfonamides is 1. The highest BCUT2D eigenvalue weighted by Gasteiger charge is 2.33. The van der Waals surface area contributed by atoms with Crippen molar-refractivity contribution in [2.24, 2.45) is 0 Å². The van der Waals surface area contributed by atoms with Gasteiger partial charge in [0.15, 0.2) is 0 Å². The van der Waals surface area contributed by atoms with Crippen molar-refractivity contribution in [2.45, 2.75) is 58.5 Å².